The van der Waals surface area contributed by atoms with Crippen LogP contribution in [0, 0.1) is 15.9 Å². The van der Waals surface area contributed by atoms with E-state index in [-0.39, 0.29) is 21.8 Å². The van der Waals surface area contributed by atoms with Gasteiger partial charge in [0.15, 0.2) is 9.84 Å². The molecule has 0 aromatic heterocycles. The molecule has 26 heavy (non-hydrogen) atoms. The molecule has 6 nitrogen and oxygen atoms in total. The Morgan fingerprint density at radius 1 is 1.19 bits per heavy atom. The van der Waals surface area contributed by atoms with Crippen molar-refractivity contribution in [1.29, 1.82) is 0 Å². The van der Waals surface area contributed by atoms with Crippen molar-refractivity contribution < 1.29 is 17.7 Å². The summed E-state index contributed by atoms with van der Waals surface area (Å²) in [6, 6.07) is 10.5. The van der Waals surface area contributed by atoms with Gasteiger partial charge in [0.1, 0.15) is 16.4 Å². The summed E-state index contributed by atoms with van der Waals surface area (Å²) in [4.78, 5) is 10.5. The molecule has 0 radical (unpaired) electrons. The number of nitrogens with one attached hydrogen (secondary N) is 1. The molecular formula is C18H19FN2O4S. The highest BCUT2D eigenvalue weighted by Gasteiger charge is 2.39. The minimum atomic E-state index is -3.73. The van der Waals surface area contributed by atoms with E-state index in [2.05, 4.69) is 5.32 Å². The zero-order chi connectivity index (χ0) is 18.9. The molecule has 2 aromatic carbocycles. The van der Waals surface area contributed by atoms with Crippen LogP contribution in [-0.4, -0.2) is 26.1 Å². The second kappa shape index (κ2) is 6.68. The molecule has 0 atom stereocenters. The van der Waals surface area contributed by atoms with E-state index in [1.165, 1.54) is 30.3 Å². The van der Waals surface area contributed by atoms with Gasteiger partial charge < -0.3 is 5.32 Å². The van der Waals surface area contributed by atoms with Crippen LogP contribution in [0.2, 0.25) is 0 Å². The van der Waals surface area contributed by atoms with Crippen LogP contribution >= 0.6 is 0 Å². The van der Waals surface area contributed by atoms with Crippen LogP contribution in [0.5, 0.6) is 0 Å². The fourth-order valence-corrected chi connectivity index (χ4v) is 4.25. The molecule has 0 unspecified atom stereocenters. The topological polar surface area (TPSA) is 89.3 Å². The van der Waals surface area contributed by atoms with Gasteiger partial charge in [0.05, 0.1) is 4.92 Å². The first-order chi connectivity index (χ1) is 12.2. The Balaban J connectivity index is 1.92. The summed E-state index contributed by atoms with van der Waals surface area (Å²) in [5, 5.41) is 14.5. The molecule has 1 fully saturated rings. The number of nitro groups is 1. The maximum atomic E-state index is 13.2. The van der Waals surface area contributed by atoms with E-state index >= 15 is 0 Å². The van der Waals surface area contributed by atoms with Crippen molar-refractivity contribution >= 4 is 21.2 Å². The summed E-state index contributed by atoms with van der Waals surface area (Å²) >= 11 is 0. The van der Waals surface area contributed by atoms with Gasteiger partial charge in [0.25, 0.3) is 0 Å². The SMILES string of the molecule is CS(=O)(=O)c1cccc(NCC2(c3ccc(F)cc3)CCC2)c1[N+](=O)[O-]. The average Bonchev–Trinajstić information content (AvgIpc) is 2.54. The lowest BCUT2D eigenvalue weighted by atomic mass is 9.64. The van der Waals surface area contributed by atoms with E-state index in [0.29, 0.717) is 6.54 Å². The fraction of sp³-hybridized carbons (Fsp3) is 0.333. The predicted molar refractivity (Wildman–Crippen MR) is 96.6 cm³/mol. The summed E-state index contributed by atoms with van der Waals surface area (Å²) in [7, 11) is -3.73. The first-order valence-corrected chi connectivity index (χ1v) is 10.1. The standard InChI is InChI=1S/C18H19FN2O4S/c1-26(24,25)16-5-2-4-15(17(16)21(22)23)20-12-18(10-3-11-18)13-6-8-14(19)9-7-13/h2,4-9,20H,3,10-12H2,1H3. The van der Waals surface area contributed by atoms with Crippen LogP contribution in [0.4, 0.5) is 15.8 Å². The Morgan fingerprint density at radius 3 is 2.35 bits per heavy atom. The van der Waals surface area contributed by atoms with E-state index in [1.807, 2.05) is 0 Å². The van der Waals surface area contributed by atoms with Crippen molar-refractivity contribution in [3.63, 3.8) is 0 Å². The van der Waals surface area contributed by atoms with Crippen LogP contribution in [0.25, 0.3) is 0 Å². The molecule has 0 bridgehead atoms. The smallest absolute Gasteiger partial charge is 0.310 e. The van der Waals surface area contributed by atoms with Crippen molar-refractivity contribution in [3.8, 4) is 0 Å². The molecule has 3 rings (SSSR count). The van der Waals surface area contributed by atoms with Crippen molar-refractivity contribution in [2.75, 3.05) is 18.1 Å². The third-order valence-electron chi connectivity index (χ3n) is 4.97. The fourth-order valence-electron chi connectivity index (χ4n) is 3.39. The molecule has 1 saturated carbocycles. The van der Waals surface area contributed by atoms with Crippen molar-refractivity contribution in [3.05, 3.63) is 64.0 Å². The van der Waals surface area contributed by atoms with Crippen LogP contribution in [0.1, 0.15) is 24.8 Å². The minimum Gasteiger partial charge on any atom is -0.379 e. The number of halogens is 1. The number of hydrogen-bond acceptors (Lipinski definition) is 5. The molecule has 0 aliphatic heterocycles. The molecular weight excluding hydrogens is 359 g/mol. The molecule has 8 heteroatoms. The van der Waals surface area contributed by atoms with Crippen LogP contribution in [0.3, 0.4) is 0 Å². The largest absolute Gasteiger partial charge is 0.379 e. The monoisotopic (exact) mass is 378 g/mol. The lowest BCUT2D eigenvalue weighted by molar-refractivity contribution is -0.386. The van der Waals surface area contributed by atoms with Crippen LogP contribution in [-0.2, 0) is 15.3 Å². The van der Waals surface area contributed by atoms with E-state index in [0.717, 1.165) is 31.1 Å². The first-order valence-electron chi connectivity index (χ1n) is 8.20. The Bertz CT molecular complexity index is 938. The summed E-state index contributed by atoms with van der Waals surface area (Å²) in [6.45, 7) is 0.409. The van der Waals surface area contributed by atoms with Gasteiger partial charge in [-0.25, -0.2) is 12.8 Å². The number of sulfone groups is 1. The molecule has 1 N–H and O–H groups in total. The highest BCUT2D eigenvalue weighted by molar-refractivity contribution is 7.90. The Kier molecular flexibility index (Phi) is 4.70. The number of anilines is 1. The first kappa shape index (κ1) is 18.3. The number of benzene rings is 2. The molecule has 1 aliphatic carbocycles. The Labute approximate surface area is 151 Å². The van der Waals surface area contributed by atoms with Crippen molar-refractivity contribution in [2.24, 2.45) is 0 Å². The third kappa shape index (κ3) is 3.41. The normalized spacial score (nSPS) is 15.9. The lowest BCUT2D eigenvalue weighted by Gasteiger charge is -2.43. The van der Waals surface area contributed by atoms with Crippen LogP contribution < -0.4 is 5.32 Å². The molecule has 0 heterocycles. The van der Waals surface area contributed by atoms with Gasteiger partial charge in [-0.3, -0.25) is 10.1 Å². The maximum Gasteiger partial charge on any atom is 0.310 e. The van der Waals surface area contributed by atoms with Crippen LogP contribution in [0.15, 0.2) is 47.4 Å². The van der Waals surface area contributed by atoms with Gasteiger partial charge in [0.2, 0.25) is 0 Å². The number of nitrogens with zero attached hydrogens (tertiary/aromatic N) is 1. The van der Waals surface area contributed by atoms with Gasteiger partial charge in [-0.2, -0.15) is 0 Å². The zero-order valence-electron chi connectivity index (χ0n) is 14.2. The lowest BCUT2D eigenvalue weighted by Crippen LogP contribution is -2.41. The number of nitro benzene ring substituents is 1. The second-order valence-corrected chi connectivity index (χ2v) is 8.66. The molecule has 0 spiro atoms. The summed E-state index contributed by atoms with van der Waals surface area (Å²) in [5.41, 5.74) is 0.470. The molecule has 2 aromatic rings. The summed E-state index contributed by atoms with van der Waals surface area (Å²) in [5.74, 6) is -0.312. The average molecular weight is 378 g/mol. The summed E-state index contributed by atoms with van der Waals surface area (Å²) < 4.78 is 36.9. The molecule has 0 amide bonds. The molecule has 138 valence electrons. The molecule has 0 saturated heterocycles. The highest BCUT2D eigenvalue weighted by atomic mass is 32.2. The van der Waals surface area contributed by atoms with Gasteiger partial charge >= 0.3 is 5.69 Å². The van der Waals surface area contributed by atoms with Crippen molar-refractivity contribution in [2.45, 2.75) is 29.6 Å². The summed E-state index contributed by atoms with van der Waals surface area (Å²) in [6.07, 6.45) is 3.73. The quantitative estimate of drug-likeness (QED) is 0.612. The van der Waals surface area contributed by atoms with E-state index in [4.69, 9.17) is 0 Å². The minimum absolute atomic E-state index is 0.173. The maximum absolute atomic E-state index is 13.2. The highest BCUT2D eigenvalue weighted by Crippen LogP contribution is 2.44. The second-order valence-electron chi connectivity index (χ2n) is 6.68. The van der Waals surface area contributed by atoms with E-state index in [9.17, 15) is 22.9 Å². The van der Waals surface area contributed by atoms with Gasteiger partial charge in [-0.1, -0.05) is 24.6 Å². The Morgan fingerprint density at radius 2 is 1.85 bits per heavy atom. The van der Waals surface area contributed by atoms with Gasteiger partial charge in [-0.05, 0) is 42.7 Å². The van der Waals surface area contributed by atoms with E-state index in [1.54, 1.807) is 12.1 Å². The van der Waals surface area contributed by atoms with Gasteiger partial charge in [-0.15, -0.1) is 0 Å². The molecule has 1 aliphatic rings. The van der Waals surface area contributed by atoms with Crippen molar-refractivity contribution in [1.82, 2.24) is 0 Å². The third-order valence-corrected chi connectivity index (χ3v) is 6.09. The number of para-hydroxylation sites is 1. The number of hydrogen-bond donors (Lipinski definition) is 1. The number of rotatable bonds is 6. The van der Waals surface area contributed by atoms with Gasteiger partial charge in [0, 0.05) is 18.2 Å². The van der Waals surface area contributed by atoms with E-state index < -0.39 is 20.4 Å². The Hall–Kier alpha value is -2.48. The zero-order valence-corrected chi connectivity index (χ0v) is 15.1. The predicted octanol–water partition coefficient (Wildman–Crippen LogP) is 3.67.